The van der Waals surface area contributed by atoms with Gasteiger partial charge >= 0.3 is 5.97 Å². The Kier molecular flexibility index (Phi) is 7.01. The Hall–Kier alpha value is -3.70. The van der Waals surface area contributed by atoms with Crippen LogP contribution in [-0.2, 0) is 21.6 Å². The molecule has 0 amide bonds. The largest absolute Gasteiger partial charge is 0.464 e. The maximum atomic E-state index is 14.0. The maximum absolute atomic E-state index is 14.0. The normalized spacial score (nSPS) is 19.1. The van der Waals surface area contributed by atoms with Gasteiger partial charge in [0.05, 0.1) is 12.6 Å². The fraction of sp³-hybridized carbons (Fsp3) is 0.161. The van der Waals surface area contributed by atoms with Crippen molar-refractivity contribution in [3.05, 3.63) is 142 Å². The summed E-state index contributed by atoms with van der Waals surface area (Å²) in [5.41, 5.74) is 2.62. The first-order valence-electron chi connectivity index (χ1n) is 12.1. The van der Waals surface area contributed by atoms with Crippen molar-refractivity contribution < 1.29 is 9.53 Å². The molecule has 180 valence electrons. The third-order valence-electron chi connectivity index (χ3n) is 6.48. The van der Waals surface area contributed by atoms with Crippen LogP contribution in [0.25, 0.3) is 0 Å². The van der Waals surface area contributed by atoms with Crippen LogP contribution in [-0.4, -0.2) is 23.3 Å². The van der Waals surface area contributed by atoms with Crippen LogP contribution in [0.15, 0.2) is 125 Å². The first-order valence-corrected chi connectivity index (χ1v) is 12.9. The summed E-state index contributed by atoms with van der Waals surface area (Å²) in [7, 11) is 0. The van der Waals surface area contributed by atoms with Gasteiger partial charge in [-0.3, -0.25) is 0 Å². The lowest BCUT2D eigenvalue weighted by molar-refractivity contribution is -0.151. The number of benzene rings is 4. The quantitative estimate of drug-likeness (QED) is 0.240. The average Bonchev–Trinajstić information content (AvgIpc) is 3.27. The molecule has 4 aromatic rings. The molecule has 1 heterocycles. The molecule has 4 aromatic carbocycles. The Morgan fingerprint density at radius 1 is 0.861 bits per heavy atom. The highest BCUT2D eigenvalue weighted by Gasteiger charge is 2.57. The van der Waals surface area contributed by atoms with Crippen molar-refractivity contribution in [2.45, 2.75) is 25.0 Å². The second kappa shape index (κ2) is 10.5. The number of ether oxygens (including phenoxy) is 1. The number of halogens is 1. The van der Waals surface area contributed by atoms with E-state index in [1.165, 1.54) is 0 Å². The number of amidine groups is 1. The van der Waals surface area contributed by atoms with E-state index >= 15 is 0 Å². The zero-order valence-electron chi connectivity index (χ0n) is 20.1. The third kappa shape index (κ3) is 4.47. The van der Waals surface area contributed by atoms with E-state index in [0.29, 0.717) is 6.54 Å². The summed E-state index contributed by atoms with van der Waals surface area (Å²) in [4.78, 5) is 21.5. The van der Waals surface area contributed by atoms with Gasteiger partial charge in [0, 0.05) is 16.6 Å². The fourth-order valence-corrected chi connectivity index (χ4v) is 5.16. The van der Waals surface area contributed by atoms with Crippen LogP contribution in [0.1, 0.15) is 35.2 Å². The Labute approximate surface area is 220 Å². The monoisotopic (exact) mass is 538 g/mol. The van der Waals surface area contributed by atoms with Crippen LogP contribution < -0.4 is 0 Å². The van der Waals surface area contributed by atoms with E-state index in [1.807, 2.05) is 97.9 Å². The Bertz CT molecular complexity index is 1340. The summed E-state index contributed by atoms with van der Waals surface area (Å²) in [6.45, 7) is 2.69. The predicted molar refractivity (Wildman–Crippen MR) is 147 cm³/mol. The highest BCUT2D eigenvalue weighted by molar-refractivity contribution is 9.10. The molecule has 0 N–H and O–H groups in total. The molecule has 0 fully saturated rings. The molecule has 0 aliphatic carbocycles. The van der Waals surface area contributed by atoms with Crippen molar-refractivity contribution in [1.29, 1.82) is 0 Å². The summed E-state index contributed by atoms with van der Waals surface area (Å²) in [6, 6.07) is 37.9. The molecule has 5 rings (SSSR count). The molecule has 0 bridgehead atoms. The molecule has 2 unspecified atom stereocenters. The van der Waals surface area contributed by atoms with Crippen molar-refractivity contribution in [3.63, 3.8) is 0 Å². The number of esters is 1. The maximum Gasteiger partial charge on any atom is 0.341 e. The number of hydrogen-bond acceptors (Lipinski definition) is 4. The molecule has 0 radical (unpaired) electrons. The zero-order valence-corrected chi connectivity index (χ0v) is 21.6. The summed E-state index contributed by atoms with van der Waals surface area (Å²) >= 11 is 3.54. The van der Waals surface area contributed by atoms with Gasteiger partial charge in [-0.1, -0.05) is 119 Å². The van der Waals surface area contributed by atoms with E-state index in [2.05, 4.69) is 45.1 Å². The van der Waals surface area contributed by atoms with E-state index in [4.69, 9.17) is 9.73 Å². The van der Waals surface area contributed by atoms with Crippen LogP contribution in [0, 0.1) is 0 Å². The van der Waals surface area contributed by atoms with Crippen LogP contribution in [0.3, 0.4) is 0 Å². The van der Waals surface area contributed by atoms with E-state index in [0.717, 1.165) is 32.6 Å². The Balaban J connectivity index is 1.78. The number of rotatable bonds is 7. The molecular formula is C31H27BrN2O2. The Morgan fingerprint density at radius 2 is 1.44 bits per heavy atom. The van der Waals surface area contributed by atoms with Crippen molar-refractivity contribution in [1.82, 2.24) is 4.90 Å². The van der Waals surface area contributed by atoms with Crippen molar-refractivity contribution in [2.24, 2.45) is 4.99 Å². The third-order valence-corrected chi connectivity index (χ3v) is 7.00. The topological polar surface area (TPSA) is 41.9 Å². The molecule has 5 heteroatoms. The van der Waals surface area contributed by atoms with Gasteiger partial charge in [-0.15, -0.1) is 0 Å². The van der Waals surface area contributed by atoms with Gasteiger partial charge < -0.3 is 9.64 Å². The minimum Gasteiger partial charge on any atom is -0.464 e. The number of carbonyl (C=O) groups is 1. The van der Waals surface area contributed by atoms with Crippen molar-refractivity contribution in [3.8, 4) is 0 Å². The molecule has 0 spiro atoms. The molecule has 1 aliphatic rings. The molecular weight excluding hydrogens is 512 g/mol. The molecule has 4 nitrogen and oxygen atoms in total. The minimum absolute atomic E-state index is 0.276. The number of nitrogens with zero attached hydrogens (tertiary/aromatic N) is 2. The highest BCUT2D eigenvalue weighted by atomic mass is 79.9. The summed E-state index contributed by atoms with van der Waals surface area (Å²) < 4.78 is 6.78. The lowest BCUT2D eigenvalue weighted by Gasteiger charge is -2.37. The van der Waals surface area contributed by atoms with Crippen LogP contribution in [0.5, 0.6) is 0 Å². The van der Waals surface area contributed by atoms with E-state index in [1.54, 1.807) is 0 Å². The highest BCUT2D eigenvalue weighted by Crippen LogP contribution is 2.50. The van der Waals surface area contributed by atoms with Crippen LogP contribution in [0.4, 0.5) is 0 Å². The van der Waals surface area contributed by atoms with E-state index < -0.39 is 11.6 Å². The second-order valence-corrected chi connectivity index (χ2v) is 9.64. The van der Waals surface area contributed by atoms with Crippen molar-refractivity contribution >= 4 is 27.7 Å². The molecule has 0 aromatic heterocycles. The number of carbonyl (C=O) groups excluding carboxylic acids is 1. The molecule has 2 atom stereocenters. The van der Waals surface area contributed by atoms with Gasteiger partial charge in [-0.05, 0) is 35.7 Å². The SMILES string of the molecule is CCOC(=O)C1(c2ccccc2)N=C(c2ccccc2)N(Cc2ccc(Br)cc2)C1c1ccccc1. The standard InChI is InChI=1S/C31H27BrN2O2/c1-2-36-30(35)31(26-16-10-5-11-17-26)28(24-12-6-3-7-13-24)34(22-23-18-20-27(32)21-19-23)29(33-31)25-14-8-4-9-15-25/h3-21,28H,2,22H2,1H3. The van der Waals surface area contributed by atoms with Crippen LogP contribution >= 0.6 is 15.9 Å². The molecule has 0 saturated carbocycles. The van der Waals surface area contributed by atoms with E-state index in [-0.39, 0.29) is 12.6 Å². The van der Waals surface area contributed by atoms with Gasteiger partial charge in [-0.2, -0.15) is 0 Å². The summed E-state index contributed by atoms with van der Waals surface area (Å²) in [5.74, 6) is 0.418. The number of hydrogen-bond donors (Lipinski definition) is 0. The van der Waals surface area contributed by atoms with Gasteiger partial charge in [0.2, 0.25) is 5.54 Å². The minimum atomic E-state index is -1.26. The smallest absolute Gasteiger partial charge is 0.341 e. The Morgan fingerprint density at radius 3 is 2.06 bits per heavy atom. The number of aliphatic imine (C=N–C) groups is 1. The van der Waals surface area contributed by atoms with Gasteiger partial charge in [-0.25, -0.2) is 9.79 Å². The predicted octanol–water partition coefficient (Wildman–Crippen LogP) is 6.91. The first-order chi connectivity index (χ1) is 17.6. The average molecular weight is 539 g/mol. The molecule has 1 aliphatic heterocycles. The summed E-state index contributed by atoms with van der Waals surface area (Å²) in [5, 5.41) is 0. The van der Waals surface area contributed by atoms with E-state index in [9.17, 15) is 4.79 Å². The summed E-state index contributed by atoms with van der Waals surface area (Å²) in [6.07, 6.45) is 0. The second-order valence-electron chi connectivity index (χ2n) is 8.72. The molecule has 36 heavy (non-hydrogen) atoms. The fourth-order valence-electron chi connectivity index (χ4n) is 4.90. The first kappa shape index (κ1) is 24.0. The van der Waals surface area contributed by atoms with Gasteiger partial charge in [0.25, 0.3) is 0 Å². The van der Waals surface area contributed by atoms with Gasteiger partial charge in [0.15, 0.2) is 0 Å². The lowest BCUT2D eigenvalue weighted by atomic mass is 9.79. The van der Waals surface area contributed by atoms with Gasteiger partial charge in [0.1, 0.15) is 5.84 Å². The zero-order chi connectivity index (χ0) is 25.0. The van der Waals surface area contributed by atoms with Crippen molar-refractivity contribution in [2.75, 3.05) is 6.61 Å². The molecule has 0 saturated heterocycles. The lowest BCUT2D eigenvalue weighted by Crippen LogP contribution is -2.44. The van der Waals surface area contributed by atoms with Crippen LogP contribution in [0.2, 0.25) is 0 Å².